The van der Waals surface area contributed by atoms with Gasteiger partial charge in [0, 0.05) is 5.41 Å². The van der Waals surface area contributed by atoms with Crippen molar-refractivity contribution in [1.29, 1.82) is 0 Å². The Morgan fingerprint density at radius 3 is 2.52 bits per heavy atom. The number of ether oxygens (including phenoxy) is 1. The van der Waals surface area contributed by atoms with Crippen LogP contribution in [-0.2, 0) is 16.8 Å². The number of hydrogen-bond donors (Lipinski definition) is 2. The number of nitrogens with one attached hydrogen (secondary N) is 1. The number of methoxy groups -OCH3 is 1. The van der Waals surface area contributed by atoms with E-state index in [1.54, 1.807) is 13.2 Å². The molecule has 4 rings (SSSR count). The number of carboxylic acid groups (broad SMARTS) is 1. The van der Waals surface area contributed by atoms with Gasteiger partial charge < -0.3 is 20.0 Å². The van der Waals surface area contributed by atoms with Crippen LogP contribution in [0.4, 0.5) is 4.79 Å². The molecule has 140 valence electrons. The van der Waals surface area contributed by atoms with E-state index in [9.17, 15) is 14.7 Å². The van der Waals surface area contributed by atoms with Gasteiger partial charge in [-0.2, -0.15) is 0 Å². The molecule has 0 aliphatic heterocycles. The third-order valence-corrected chi connectivity index (χ3v) is 6.37. The minimum Gasteiger partial charge on any atom is -0.495 e. The fraction of sp³-hybridized carbons (Fsp3) is 0.333. The topological polar surface area (TPSA) is 75.6 Å². The zero-order valence-electron chi connectivity index (χ0n) is 14.9. The quantitative estimate of drug-likeness (QED) is 0.764. The van der Waals surface area contributed by atoms with Gasteiger partial charge in [0.25, 0.3) is 0 Å². The number of benzene rings is 2. The number of amides is 1. The van der Waals surface area contributed by atoms with Crippen LogP contribution in [0.5, 0.6) is 5.75 Å². The van der Waals surface area contributed by atoms with E-state index in [0.29, 0.717) is 10.8 Å². The highest BCUT2D eigenvalue weighted by Crippen LogP contribution is 2.63. The average Bonchev–Trinajstić information content (AvgIpc) is 3.45. The predicted molar refractivity (Wildman–Crippen MR) is 102 cm³/mol. The number of fused-ring (bicyclic) bond motifs is 1. The Labute approximate surface area is 162 Å². The number of aldehydes is 1. The van der Waals surface area contributed by atoms with Gasteiger partial charge >= 0.3 is 6.09 Å². The van der Waals surface area contributed by atoms with Crippen molar-refractivity contribution >= 4 is 24.0 Å². The van der Waals surface area contributed by atoms with E-state index in [1.165, 1.54) is 0 Å². The molecule has 1 fully saturated rings. The molecule has 2 N–H and O–H groups in total. The van der Waals surface area contributed by atoms with E-state index in [4.69, 9.17) is 16.3 Å². The van der Waals surface area contributed by atoms with Crippen molar-refractivity contribution < 1.29 is 19.4 Å². The lowest BCUT2D eigenvalue weighted by atomic mass is 9.67. The Morgan fingerprint density at radius 2 is 1.89 bits per heavy atom. The Hall–Kier alpha value is -2.53. The summed E-state index contributed by atoms with van der Waals surface area (Å²) in [5, 5.41) is 12.5. The third-order valence-electron chi connectivity index (χ3n) is 6.06. The second-order valence-electron chi connectivity index (χ2n) is 7.36. The molecule has 1 saturated carbocycles. The molecular weight excluding hydrogens is 366 g/mol. The molecule has 2 aromatic rings. The van der Waals surface area contributed by atoms with Crippen molar-refractivity contribution in [3.63, 3.8) is 0 Å². The van der Waals surface area contributed by atoms with Gasteiger partial charge in [0.05, 0.1) is 12.1 Å². The van der Waals surface area contributed by atoms with Crippen LogP contribution in [0.2, 0.25) is 5.02 Å². The largest absolute Gasteiger partial charge is 0.495 e. The standard InChI is InChI=1S/C21H20ClNO4/c1-27-18-11-14(3-5-17(18)22)13-2-4-16-15(10-13)6-7-20(8-9-20)21(16,12-24)23-19(25)26/h2-5,10-12,23H,6-9H2,1H3,(H,25,26). The second-order valence-corrected chi connectivity index (χ2v) is 7.76. The van der Waals surface area contributed by atoms with Crippen LogP contribution in [0, 0.1) is 5.41 Å². The lowest BCUT2D eigenvalue weighted by molar-refractivity contribution is -0.116. The van der Waals surface area contributed by atoms with Crippen molar-refractivity contribution in [2.45, 2.75) is 31.2 Å². The summed E-state index contributed by atoms with van der Waals surface area (Å²) in [6, 6.07) is 11.4. The van der Waals surface area contributed by atoms with Gasteiger partial charge in [-0.05, 0) is 60.1 Å². The van der Waals surface area contributed by atoms with E-state index < -0.39 is 11.6 Å². The lowest BCUT2D eigenvalue weighted by Crippen LogP contribution is -2.55. The van der Waals surface area contributed by atoms with Gasteiger partial charge in [-0.3, -0.25) is 0 Å². The van der Waals surface area contributed by atoms with Crippen molar-refractivity contribution in [2.75, 3.05) is 7.11 Å². The molecule has 2 aliphatic carbocycles. The maximum absolute atomic E-state index is 12.2. The molecule has 1 unspecified atom stereocenters. The van der Waals surface area contributed by atoms with Gasteiger partial charge in [-0.25, -0.2) is 4.79 Å². The first kappa shape index (κ1) is 17.9. The zero-order chi connectivity index (χ0) is 19.2. The number of hydrogen-bond acceptors (Lipinski definition) is 3. The maximum Gasteiger partial charge on any atom is 0.405 e. The van der Waals surface area contributed by atoms with E-state index in [2.05, 4.69) is 5.32 Å². The van der Waals surface area contributed by atoms with Crippen LogP contribution in [0.25, 0.3) is 11.1 Å². The normalized spacial score (nSPS) is 22.0. The molecule has 2 aromatic carbocycles. The molecule has 5 nitrogen and oxygen atoms in total. The minimum absolute atomic E-state index is 0.287. The van der Waals surface area contributed by atoms with Crippen molar-refractivity contribution in [2.24, 2.45) is 5.41 Å². The Balaban J connectivity index is 1.81. The van der Waals surface area contributed by atoms with Gasteiger partial charge in [0.15, 0.2) is 6.29 Å². The zero-order valence-corrected chi connectivity index (χ0v) is 15.7. The molecule has 0 aromatic heterocycles. The number of rotatable bonds is 4. The summed E-state index contributed by atoms with van der Waals surface area (Å²) in [6.07, 6.45) is 2.96. The van der Waals surface area contributed by atoms with Gasteiger partial charge in [0.2, 0.25) is 0 Å². The van der Waals surface area contributed by atoms with Crippen LogP contribution < -0.4 is 10.1 Å². The third kappa shape index (κ3) is 2.69. The number of halogens is 1. The predicted octanol–water partition coefficient (Wildman–Crippen LogP) is 4.40. The van der Waals surface area contributed by atoms with Crippen LogP contribution in [0.15, 0.2) is 36.4 Å². The van der Waals surface area contributed by atoms with Gasteiger partial charge in [0.1, 0.15) is 11.3 Å². The van der Waals surface area contributed by atoms with E-state index in [0.717, 1.165) is 54.2 Å². The summed E-state index contributed by atoms with van der Waals surface area (Å²) in [5.74, 6) is 0.596. The first-order valence-electron chi connectivity index (χ1n) is 8.89. The molecule has 27 heavy (non-hydrogen) atoms. The maximum atomic E-state index is 12.2. The SMILES string of the molecule is COc1cc(-c2ccc3c(c2)CCC2(CC2)C3(C=O)NC(=O)O)ccc1Cl. The van der Waals surface area contributed by atoms with Crippen LogP contribution in [0.3, 0.4) is 0 Å². The summed E-state index contributed by atoms with van der Waals surface area (Å²) in [6.45, 7) is 0. The summed E-state index contributed by atoms with van der Waals surface area (Å²) in [4.78, 5) is 23.6. The molecule has 0 heterocycles. The molecule has 1 atom stereocenters. The first-order valence-corrected chi connectivity index (χ1v) is 9.27. The summed E-state index contributed by atoms with van der Waals surface area (Å²) in [5.41, 5.74) is 2.25. The fourth-order valence-corrected chi connectivity index (χ4v) is 4.64. The Morgan fingerprint density at radius 1 is 1.19 bits per heavy atom. The average molecular weight is 386 g/mol. The number of carbonyl (C=O) groups excluding carboxylic acids is 1. The van der Waals surface area contributed by atoms with Crippen LogP contribution in [0.1, 0.15) is 30.4 Å². The smallest absolute Gasteiger partial charge is 0.405 e. The van der Waals surface area contributed by atoms with E-state index in [-0.39, 0.29) is 5.41 Å². The highest BCUT2D eigenvalue weighted by atomic mass is 35.5. The highest BCUT2D eigenvalue weighted by Gasteiger charge is 2.63. The molecule has 0 saturated heterocycles. The molecule has 1 amide bonds. The molecule has 0 radical (unpaired) electrons. The fourth-order valence-electron chi connectivity index (χ4n) is 4.44. The number of carbonyl (C=O) groups is 2. The Bertz CT molecular complexity index is 938. The van der Waals surface area contributed by atoms with Gasteiger partial charge in [-0.15, -0.1) is 0 Å². The summed E-state index contributed by atoms with van der Waals surface area (Å²) >= 11 is 6.11. The first-order chi connectivity index (χ1) is 12.9. The second kappa shape index (κ2) is 6.27. The lowest BCUT2D eigenvalue weighted by Gasteiger charge is -2.42. The Kier molecular flexibility index (Phi) is 4.15. The molecule has 0 bridgehead atoms. The van der Waals surface area contributed by atoms with Crippen molar-refractivity contribution in [3.8, 4) is 16.9 Å². The molecule has 2 aliphatic rings. The number of aryl methyl sites for hydroxylation is 1. The monoisotopic (exact) mass is 385 g/mol. The molecule has 1 spiro atoms. The summed E-state index contributed by atoms with van der Waals surface area (Å²) in [7, 11) is 1.57. The molecular formula is C21H20ClNO4. The van der Waals surface area contributed by atoms with E-state index in [1.807, 2.05) is 30.3 Å². The van der Waals surface area contributed by atoms with E-state index >= 15 is 0 Å². The minimum atomic E-state index is -1.17. The van der Waals surface area contributed by atoms with Crippen molar-refractivity contribution in [3.05, 3.63) is 52.5 Å². The van der Waals surface area contributed by atoms with Crippen LogP contribution in [-0.4, -0.2) is 24.6 Å². The van der Waals surface area contributed by atoms with Crippen molar-refractivity contribution in [1.82, 2.24) is 5.32 Å². The van der Waals surface area contributed by atoms with Crippen LogP contribution >= 0.6 is 11.6 Å². The molecule has 6 heteroatoms. The summed E-state index contributed by atoms with van der Waals surface area (Å²) < 4.78 is 5.30. The highest BCUT2D eigenvalue weighted by molar-refractivity contribution is 6.32. The van der Waals surface area contributed by atoms with Gasteiger partial charge in [-0.1, -0.05) is 35.9 Å².